The molecule has 3 rings (SSSR count). The molecule has 1 aliphatic heterocycles. The maximum atomic E-state index is 12.4. The summed E-state index contributed by atoms with van der Waals surface area (Å²) in [5.74, 6) is -0.461. The highest BCUT2D eigenvalue weighted by Crippen LogP contribution is 2.27. The van der Waals surface area contributed by atoms with Crippen LogP contribution in [0.2, 0.25) is 5.02 Å². The van der Waals surface area contributed by atoms with Crippen LogP contribution >= 0.6 is 11.6 Å². The van der Waals surface area contributed by atoms with Crippen molar-refractivity contribution in [1.29, 1.82) is 0 Å². The van der Waals surface area contributed by atoms with Crippen LogP contribution in [0.1, 0.15) is 23.1 Å². The highest BCUT2D eigenvalue weighted by Gasteiger charge is 2.35. The summed E-state index contributed by atoms with van der Waals surface area (Å²) in [6, 6.07) is 13.3. The van der Waals surface area contributed by atoms with Gasteiger partial charge in [0, 0.05) is 30.2 Å². The molecule has 130 valence electrons. The number of hydrogen-bond donors (Lipinski definition) is 1. The fourth-order valence-electron chi connectivity index (χ4n) is 2.99. The lowest BCUT2D eigenvalue weighted by Crippen LogP contribution is -2.32. The van der Waals surface area contributed by atoms with Crippen LogP contribution in [0.25, 0.3) is 0 Å². The summed E-state index contributed by atoms with van der Waals surface area (Å²) in [7, 11) is 0. The van der Waals surface area contributed by atoms with Crippen LogP contribution in [-0.4, -0.2) is 18.4 Å². The van der Waals surface area contributed by atoms with Gasteiger partial charge >= 0.3 is 0 Å². The fourth-order valence-corrected chi connectivity index (χ4v) is 3.20. The number of anilines is 1. The normalized spacial score (nSPS) is 17.0. The van der Waals surface area contributed by atoms with Crippen LogP contribution in [-0.2, 0) is 16.1 Å². The van der Waals surface area contributed by atoms with E-state index in [1.165, 1.54) is 5.56 Å². The van der Waals surface area contributed by atoms with E-state index < -0.39 is 0 Å². The van der Waals surface area contributed by atoms with E-state index in [-0.39, 0.29) is 24.2 Å². The van der Waals surface area contributed by atoms with Crippen molar-refractivity contribution in [3.05, 3.63) is 64.2 Å². The first-order valence-corrected chi connectivity index (χ1v) is 8.72. The van der Waals surface area contributed by atoms with Crippen molar-refractivity contribution in [2.75, 3.05) is 11.4 Å². The van der Waals surface area contributed by atoms with Crippen LogP contribution in [0.4, 0.5) is 5.69 Å². The van der Waals surface area contributed by atoms with Gasteiger partial charge in [-0.3, -0.25) is 9.59 Å². The van der Waals surface area contributed by atoms with E-state index in [4.69, 9.17) is 11.6 Å². The second-order valence-electron chi connectivity index (χ2n) is 6.48. The van der Waals surface area contributed by atoms with Gasteiger partial charge < -0.3 is 10.2 Å². The number of benzene rings is 2. The van der Waals surface area contributed by atoms with E-state index in [1.54, 1.807) is 11.0 Å². The van der Waals surface area contributed by atoms with Gasteiger partial charge in [0.2, 0.25) is 11.8 Å². The quantitative estimate of drug-likeness (QED) is 0.909. The molecule has 0 bridgehead atoms. The van der Waals surface area contributed by atoms with Crippen molar-refractivity contribution in [3.8, 4) is 0 Å². The molecule has 4 nitrogen and oxygen atoms in total. The second-order valence-corrected chi connectivity index (χ2v) is 6.89. The highest BCUT2D eigenvalue weighted by atomic mass is 35.5. The Morgan fingerprint density at radius 2 is 1.96 bits per heavy atom. The summed E-state index contributed by atoms with van der Waals surface area (Å²) in [5.41, 5.74) is 4.05. The van der Waals surface area contributed by atoms with Gasteiger partial charge in [-0.25, -0.2) is 0 Å². The molecule has 0 saturated carbocycles. The predicted molar refractivity (Wildman–Crippen MR) is 99.7 cm³/mol. The summed E-state index contributed by atoms with van der Waals surface area (Å²) in [6.07, 6.45) is 0.237. The standard InChI is InChI=1S/C20H21ClN2O2/c1-13-7-8-17(9-14(13)2)23-12-16(10-19(23)24)20(25)22-11-15-5-3-4-6-18(15)21/h3-9,16H,10-12H2,1-2H3,(H,22,25)/t16-/m1/s1. The number of carbonyl (C=O) groups is 2. The number of halogens is 1. The number of aryl methyl sites for hydroxylation is 2. The van der Waals surface area contributed by atoms with Gasteiger partial charge in [0.05, 0.1) is 5.92 Å². The number of nitrogens with one attached hydrogen (secondary N) is 1. The third-order valence-electron chi connectivity index (χ3n) is 4.71. The molecule has 2 amide bonds. The minimum Gasteiger partial charge on any atom is -0.352 e. The third-order valence-corrected chi connectivity index (χ3v) is 5.08. The lowest BCUT2D eigenvalue weighted by Gasteiger charge is -2.18. The van der Waals surface area contributed by atoms with Gasteiger partial charge in [-0.15, -0.1) is 0 Å². The molecule has 1 aliphatic rings. The van der Waals surface area contributed by atoms with Crippen LogP contribution in [0.3, 0.4) is 0 Å². The Kier molecular flexibility index (Phi) is 5.09. The van der Waals surface area contributed by atoms with E-state index >= 15 is 0 Å². The molecular weight excluding hydrogens is 336 g/mol. The molecule has 1 atom stereocenters. The van der Waals surface area contributed by atoms with Gasteiger partial charge in [-0.2, -0.15) is 0 Å². The van der Waals surface area contributed by atoms with E-state index in [9.17, 15) is 9.59 Å². The molecule has 2 aromatic rings. The lowest BCUT2D eigenvalue weighted by atomic mass is 10.1. The van der Waals surface area contributed by atoms with E-state index in [0.717, 1.165) is 16.8 Å². The molecule has 0 aromatic heterocycles. The molecule has 0 radical (unpaired) electrons. The zero-order chi connectivity index (χ0) is 18.0. The number of amides is 2. The van der Waals surface area contributed by atoms with Crippen molar-refractivity contribution in [1.82, 2.24) is 5.32 Å². The molecule has 25 heavy (non-hydrogen) atoms. The SMILES string of the molecule is Cc1ccc(N2C[C@H](C(=O)NCc3ccccc3Cl)CC2=O)cc1C. The summed E-state index contributed by atoms with van der Waals surface area (Å²) in [4.78, 5) is 26.5. The fraction of sp³-hybridized carbons (Fsp3) is 0.300. The summed E-state index contributed by atoms with van der Waals surface area (Å²) in [6.45, 7) is 4.84. The minimum absolute atomic E-state index is 0.0128. The average Bonchev–Trinajstić information content (AvgIpc) is 2.98. The first-order chi connectivity index (χ1) is 12.0. The zero-order valence-electron chi connectivity index (χ0n) is 14.4. The summed E-state index contributed by atoms with van der Waals surface area (Å²) in [5, 5.41) is 3.52. The molecule has 1 heterocycles. The van der Waals surface area contributed by atoms with Crippen LogP contribution in [0, 0.1) is 19.8 Å². The van der Waals surface area contributed by atoms with Gasteiger partial charge in [0.15, 0.2) is 0 Å². The molecule has 1 fully saturated rings. The molecule has 0 spiro atoms. The minimum atomic E-state index is -0.336. The lowest BCUT2D eigenvalue weighted by molar-refractivity contribution is -0.126. The molecule has 2 aromatic carbocycles. The Hall–Kier alpha value is -2.33. The Bertz CT molecular complexity index is 819. The average molecular weight is 357 g/mol. The Balaban J connectivity index is 1.64. The molecular formula is C20H21ClN2O2. The summed E-state index contributed by atoms with van der Waals surface area (Å²) < 4.78 is 0. The van der Waals surface area contributed by atoms with E-state index in [2.05, 4.69) is 5.32 Å². The zero-order valence-corrected chi connectivity index (χ0v) is 15.1. The number of rotatable bonds is 4. The van der Waals surface area contributed by atoms with Gasteiger partial charge in [-0.1, -0.05) is 35.9 Å². The monoisotopic (exact) mass is 356 g/mol. The van der Waals surface area contributed by atoms with Gasteiger partial charge in [-0.05, 0) is 48.7 Å². The van der Waals surface area contributed by atoms with Gasteiger partial charge in [0.25, 0.3) is 0 Å². The number of hydrogen-bond acceptors (Lipinski definition) is 2. The van der Waals surface area contributed by atoms with Crippen LogP contribution < -0.4 is 10.2 Å². The first kappa shape index (κ1) is 17.5. The molecule has 5 heteroatoms. The van der Waals surface area contributed by atoms with Crippen LogP contribution in [0.15, 0.2) is 42.5 Å². The first-order valence-electron chi connectivity index (χ1n) is 8.34. The maximum Gasteiger partial charge on any atom is 0.227 e. The van der Waals surface area contributed by atoms with Crippen molar-refractivity contribution < 1.29 is 9.59 Å². The molecule has 1 N–H and O–H groups in total. The summed E-state index contributed by atoms with van der Waals surface area (Å²) >= 11 is 6.11. The largest absolute Gasteiger partial charge is 0.352 e. The Labute approximate surface area is 152 Å². The van der Waals surface area contributed by atoms with Crippen molar-refractivity contribution >= 4 is 29.1 Å². The van der Waals surface area contributed by atoms with Gasteiger partial charge in [0.1, 0.15) is 0 Å². The van der Waals surface area contributed by atoms with E-state index in [1.807, 2.05) is 50.2 Å². The van der Waals surface area contributed by atoms with Crippen molar-refractivity contribution in [2.45, 2.75) is 26.8 Å². The Morgan fingerprint density at radius 1 is 1.20 bits per heavy atom. The molecule has 0 unspecified atom stereocenters. The third kappa shape index (κ3) is 3.85. The highest BCUT2D eigenvalue weighted by molar-refractivity contribution is 6.31. The Morgan fingerprint density at radius 3 is 2.68 bits per heavy atom. The molecule has 0 aliphatic carbocycles. The number of carbonyl (C=O) groups excluding carboxylic acids is 2. The second kappa shape index (κ2) is 7.28. The van der Waals surface area contributed by atoms with Crippen LogP contribution in [0.5, 0.6) is 0 Å². The topological polar surface area (TPSA) is 49.4 Å². The maximum absolute atomic E-state index is 12.4. The predicted octanol–water partition coefficient (Wildman–Crippen LogP) is 3.63. The van der Waals surface area contributed by atoms with E-state index in [0.29, 0.717) is 18.1 Å². The smallest absolute Gasteiger partial charge is 0.227 e. The van der Waals surface area contributed by atoms with Crippen molar-refractivity contribution in [2.24, 2.45) is 5.92 Å². The number of nitrogens with zero attached hydrogens (tertiary/aromatic N) is 1. The van der Waals surface area contributed by atoms with Crippen molar-refractivity contribution in [3.63, 3.8) is 0 Å². The molecule has 1 saturated heterocycles.